The Balaban J connectivity index is 1.46. The van der Waals surface area contributed by atoms with Crippen molar-refractivity contribution in [2.45, 2.75) is 19.4 Å². The van der Waals surface area contributed by atoms with Crippen LogP contribution in [0.5, 0.6) is 5.75 Å². The number of hydrogen-bond acceptors (Lipinski definition) is 6. The number of nitrogens with zero attached hydrogens (tertiary/aromatic N) is 2. The Labute approximate surface area is 138 Å². The fourth-order valence-corrected chi connectivity index (χ4v) is 2.85. The summed E-state index contributed by atoms with van der Waals surface area (Å²) in [6, 6.07) is 7.64. The number of anilines is 1. The Kier molecular flexibility index (Phi) is 4.99. The molecule has 1 amide bonds. The van der Waals surface area contributed by atoms with Gasteiger partial charge < -0.3 is 4.74 Å². The van der Waals surface area contributed by atoms with Gasteiger partial charge in [0.25, 0.3) is 0 Å². The third-order valence-corrected chi connectivity index (χ3v) is 4.27. The fourth-order valence-electron chi connectivity index (χ4n) is 2.13. The lowest BCUT2D eigenvalue weighted by atomic mass is 10.2. The molecule has 1 aromatic carbocycles. The minimum Gasteiger partial charge on any atom is -0.493 e. The molecule has 2 heterocycles. The molecule has 1 aromatic heterocycles. The number of carbonyl (C=O) groups excluding carboxylic acids is 1. The Morgan fingerprint density at radius 3 is 2.96 bits per heavy atom. The van der Waals surface area contributed by atoms with Crippen molar-refractivity contribution in [1.82, 2.24) is 15.5 Å². The van der Waals surface area contributed by atoms with Gasteiger partial charge in [-0.2, -0.15) is 0 Å². The van der Waals surface area contributed by atoms with E-state index in [1.54, 1.807) is 0 Å². The number of rotatable bonds is 6. The van der Waals surface area contributed by atoms with Gasteiger partial charge in [-0.25, -0.2) is 0 Å². The summed E-state index contributed by atoms with van der Waals surface area (Å²) in [5, 5.41) is 15.2. The minimum atomic E-state index is -0.285. The van der Waals surface area contributed by atoms with Crippen molar-refractivity contribution in [3.05, 3.63) is 47.0 Å². The Morgan fingerprint density at radius 1 is 1.39 bits per heavy atom. The van der Waals surface area contributed by atoms with E-state index in [9.17, 15) is 4.79 Å². The summed E-state index contributed by atoms with van der Waals surface area (Å²) in [6.45, 7) is 3.28. The summed E-state index contributed by atoms with van der Waals surface area (Å²) in [7, 11) is 0. The van der Waals surface area contributed by atoms with Crippen LogP contribution in [-0.4, -0.2) is 35.3 Å². The van der Waals surface area contributed by atoms with Crippen molar-refractivity contribution in [3.63, 3.8) is 0 Å². The number of hydrogen-bond donors (Lipinski definition) is 2. The summed E-state index contributed by atoms with van der Waals surface area (Å²) in [4.78, 5) is 11.9. The molecule has 2 N–H and O–H groups in total. The van der Waals surface area contributed by atoms with E-state index in [0.717, 1.165) is 17.3 Å². The Morgan fingerprint density at radius 2 is 2.22 bits per heavy atom. The smallest absolute Gasteiger partial charge is 0.247 e. The van der Waals surface area contributed by atoms with Gasteiger partial charge in [0.1, 0.15) is 16.8 Å². The van der Waals surface area contributed by atoms with E-state index in [2.05, 4.69) is 20.8 Å². The van der Waals surface area contributed by atoms with Crippen LogP contribution in [0.2, 0.25) is 0 Å². The number of benzene rings is 1. The van der Waals surface area contributed by atoms with Gasteiger partial charge in [-0.3, -0.25) is 15.4 Å². The molecule has 1 aliphatic rings. The van der Waals surface area contributed by atoms with Crippen LogP contribution >= 0.6 is 11.3 Å². The molecule has 0 spiro atoms. The summed E-state index contributed by atoms with van der Waals surface area (Å²) >= 11 is 1.37. The molecule has 0 fully saturated rings. The number of aromatic nitrogens is 2. The zero-order valence-electron chi connectivity index (χ0n) is 12.8. The molecule has 1 unspecified atom stereocenters. The number of nitrogens with one attached hydrogen (secondary N) is 2. The highest BCUT2D eigenvalue weighted by Crippen LogP contribution is 2.17. The molecule has 23 heavy (non-hydrogen) atoms. The highest BCUT2D eigenvalue weighted by molar-refractivity contribution is 7.15. The molecule has 6 nitrogen and oxygen atoms in total. The summed E-state index contributed by atoms with van der Waals surface area (Å²) < 4.78 is 5.67. The van der Waals surface area contributed by atoms with Gasteiger partial charge in [-0.15, -0.1) is 10.2 Å². The first-order valence-corrected chi connectivity index (χ1v) is 8.25. The van der Waals surface area contributed by atoms with E-state index in [4.69, 9.17) is 4.74 Å². The molecule has 0 radical (unpaired) electrons. The molecule has 0 saturated carbocycles. The average Bonchev–Trinajstić information content (AvgIpc) is 3.21. The maximum Gasteiger partial charge on any atom is 0.247 e. The SMILES string of the molecule is Cc1ccc(OCCc2nnc(NC(=O)C3C=CCN3)s2)cc1. The van der Waals surface area contributed by atoms with E-state index in [0.29, 0.717) is 18.2 Å². The van der Waals surface area contributed by atoms with Crippen LogP contribution in [0.3, 0.4) is 0 Å². The highest BCUT2D eigenvalue weighted by Gasteiger charge is 2.18. The van der Waals surface area contributed by atoms with E-state index in [1.807, 2.05) is 43.3 Å². The van der Waals surface area contributed by atoms with E-state index in [1.165, 1.54) is 16.9 Å². The molecule has 0 aliphatic carbocycles. The standard InChI is InChI=1S/C16H18N4O2S/c1-11-4-6-12(7-5-11)22-10-8-14-19-20-16(23-14)18-15(21)13-3-2-9-17-13/h2-7,13,17H,8-10H2,1H3,(H,18,20,21). The second-order valence-electron chi connectivity index (χ2n) is 5.22. The van der Waals surface area contributed by atoms with E-state index in [-0.39, 0.29) is 11.9 Å². The molecular weight excluding hydrogens is 312 g/mol. The summed E-state index contributed by atoms with van der Waals surface area (Å²) in [6.07, 6.45) is 4.42. The van der Waals surface area contributed by atoms with Crippen LogP contribution in [0.4, 0.5) is 5.13 Å². The highest BCUT2D eigenvalue weighted by atomic mass is 32.1. The topological polar surface area (TPSA) is 76.1 Å². The van der Waals surface area contributed by atoms with E-state index >= 15 is 0 Å². The fraction of sp³-hybridized carbons (Fsp3) is 0.312. The molecule has 7 heteroatoms. The van der Waals surface area contributed by atoms with Gasteiger partial charge in [0, 0.05) is 13.0 Å². The number of carbonyl (C=O) groups is 1. The molecule has 3 rings (SSSR count). The van der Waals surface area contributed by atoms with Gasteiger partial charge >= 0.3 is 0 Å². The molecule has 2 aromatic rings. The monoisotopic (exact) mass is 330 g/mol. The first-order chi connectivity index (χ1) is 11.2. The van der Waals surface area contributed by atoms with Crippen LogP contribution in [-0.2, 0) is 11.2 Å². The number of amides is 1. The molecule has 1 aliphatic heterocycles. The largest absolute Gasteiger partial charge is 0.493 e. The normalized spacial score (nSPS) is 16.5. The van der Waals surface area contributed by atoms with Gasteiger partial charge in [-0.05, 0) is 19.1 Å². The van der Waals surface area contributed by atoms with Crippen molar-refractivity contribution < 1.29 is 9.53 Å². The lowest BCUT2D eigenvalue weighted by Crippen LogP contribution is -2.35. The molecule has 120 valence electrons. The number of ether oxygens (including phenoxy) is 1. The van der Waals surface area contributed by atoms with Gasteiger partial charge in [-0.1, -0.05) is 41.2 Å². The van der Waals surface area contributed by atoms with Crippen molar-refractivity contribution >= 4 is 22.4 Å². The second-order valence-corrected chi connectivity index (χ2v) is 6.28. The van der Waals surface area contributed by atoms with Crippen LogP contribution in [0.15, 0.2) is 36.4 Å². The predicted molar refractivity (Wildman–Crippen MR) is 89.8 cm³/mol. The second kappa shape index (κ2) is 7.34. The number of aryl methyl sites for hydroxylation is 1. The quantitative estimate of drug-likeness (QED) is 0.792. The maximum atomic E-state index is 11.9. The van der Waals surface area contributed by atoms with Crippen LogP contribution < -0.4 is 15.4 Å². The van der Waals surface area contributed by atoms with Crippen molar-refractivity contribution in [2.24, 2.45) is 0 Å². The first kappa shape index (κ1) is 15.6. The average molecular weight is 330 g/mol. The lowest BCUT2D eigenvalue weighted by Gasteiger charge is -2.07. The summed E-state index contributed by atoms with van der Waals surface area (Å²) in [5.41, 5.74) is 1.20. The van der Waals surface area contributed by atoms with Gasteiger partial charge in [0.05, 0.1) is 6.61 Å². The first-order valence-electron chi connectivity index (χ1n) is 7.43. The minimum absolute atomic E-state index is 0.114. The molecule has 0 saturated heterocycles. The van der Waals surface area contributed by atoms with Crippen LogP contribution in [0.1, 0.15) is 10.6 Å². The van der Waals surface area contributed by atoms with Crippen LogP contribution in [0.25, 0.3) is 0 Å². The predicted octanol–water partition coefficient (Wildman–Crippen LogP) is 1.93. The van der Waals surface area contributed by atoms with Gasteiger partial charge in [0.15, 0.2) is 0 Å². The van der Waals surface area contributed by atoms with Crippen molar-refractivity contribution in [1.29, 1.82) is 0 Å². The third-order valence-electron chi connectivity index (χ3n) is 3.37. The van der Waals surface area contributed by atoms with Crippen molar-refractivity contribution in [2.75, 3.05) is 18.5 Å². The molecule has 0 bridgehead atoms. The lowest BCUT2D eigenvalue weighted by molar-refractivity contribution is -0.116. The third kappa shape index (κ3) is 4.37. The van der Waals surface area contributed by atoms with Crippen molar-refractivity contribution in [3.8, 4) is 5.75 Å². The zero-order valence-corrected chi connectivity index (χ0v) is 13.6. The maximum absolute atomic E-state index is 11.9. The zero-order chi connectivity index (χ0) is 16.1. The Hall–Kier alpha value is -2.25. The Bertz CT molecular complexity index is 696. The van der Waals surface area contributed by atoms with Gasteiger partial charge in [0.2, 0.25) is 11.0 Å². The summed E-state index contributed by atoms with van der Waals surface area (Å²) in [5.74, 6) is 0.727. The molecular formula is C16H18N4O2S. The van der Waals surface area contributed by atoms with Crippen LogP contribution in [0, 0.1) is 6.92 Å². The van der Waals surface area contributed by atoms with E-state index < -0.39 is 0 Å². The molecule has 1 atom stereocenters.